The van der Waals surface area contributed by atoms with E-state index in [4.69, 9.17) is 9.26 Å². The van der Waals surface area contributed by atoms with Crippen LogP contribution in [0.2, 0.25) is 0 Å². The summed E-state index contributed by atoms with van der Waals surface area (Å²) in [6.45, 7) is 2.83. The van der Waals surface area contributed by atoms with E-state index in [0.717, 1.165) is 43.8 Å². The number of benzene rings is 2. The normalized spacial score (nSPS) is 20.2. The highest BCUT2D eigenvalue weighted by Crippen LogP contribution is 2.27. The second kappa shape index (κ2) is 10.8. The molecule has 8 nitrogen and oxygen atoms in total. The van der Waals surface area contributed by atoms with Gasteiger partial charge in [0, 0.05) is 44.2 Å². The Balaban J connectivity index is 1.13. The maximum atomic E-state index is 12.8. The second-order valence-electron chi connectivity index (χ2n) is 9.13. The van der Waals surface area contributed by atoms with E-state index in [1.54, 1.807) is 11.0 Å². The monoisotopic (exact) mass is 474 g/mol. The van der Waals surface area contributed by atoms with Crippen molar-refractivity contribution in [2.24, 2.45) is 5.92 Å². The SMILES string of the molecule is O=C(Nc1cc(CCc2ccccc2)on1)C1CC(=O)N(c2ccc(CC3CNCCO3)cc2)C1. The molecule has 3 heterocycles. The van der Waals surface area contributed by atoms with Gasteiger partial charge in [-0.05, 0) is 36.1 Å². The third kappa shape index (κ3) is 5.96. The number of anilines is 2. The van der Waals surface area contributed by atoms with Gasteiger partial charge in [0.25, 0.3) is 0 Å². The first-order valence-corrected chi connectivity index (χ1v) is 12.2. The Kier molecular flexibility index (Phi) is 7.20. The molecule has 1 aromatic heterocycles. The summed E-state index contributed by atoms with van der Waals surface area (Å²) >= 11 is 0. The topological polar surface area (TPSA) is 96.7 Å². The summed E-state index contributed by atoms with van der Waals surface area (Å²) in [5.41, 5.74) is 3.19. The summed E-state index contributed by atoms with van der Waals surface area (Å²) in [5.74, 6) is 0.382. The molecule has 2 atom stereocenters. The number of aromatic nitrogens is 1. The summed E-state index contributed by atoms with van der Waals surface area (Å²) in [7, 11) is 0. The third-order valence-corrected chi connectivity index (χ3v) is 6.52. The molecule has 2 saturated heterocycles. The molecule has 35 heavy (non-hydrogen) atoms. The molecule has 0 radical (unpaired) electrons. The lowest BCUT2D eigenvalue weighted by molar-refractivity contribution is -0.122. The minimum Gasteiger partial charge on any atom is -0.375 e. The Bertz CT molecular complexity index is 1140. The van der Waals surface area contributed by atoms with Gasteiger partial charge >= 0.3 is 0 Å². The van der Waals surface area contributed by atoms with Crippen LogP contribution in [0.3, 0.4) is 0 Å². The average Bonchev–Trinajstić information content (AvgIpc) is 3.51. The van der Waals surface area contributed by atoms with E-state index >= 15 is 0 Å². The van der Waals surface area contributed by atoms with Gasteiger partial charge in [-0.2, -0.15) is 0 Å². The highest BCUT2D eigenvalue weighted by Gasteiger charge is 2.35. The Hall–Kier alpha value is -3.49. The van der Waals surface area contributed by atoms with E-state index in [1.165, 1.54) is 5.56 Å². The van der Waals surface area contributed by atoms with Crippen molar-refractivity contribution in [3.05, 3.63) is 77.6 Å². The van der Waals surface area contributed by atoms with Gasteiger partial charge in [-0.1, -0.05) is 47.6 Å². The number of nitrogens with zero attached hydrogens (tertiary/aromatic N) is 2. The number of hydrogen-bond donors (Lipinski definition) is 2. The number of aryl methyl sites for hydroxylation is 2. The molecule has 3 aromatic rings. The lowest BCUT2D eigenvalue weighted by Gasteiger charge is -2.24. The predicted molar refractivity (Wildman–Crippen MR) is 132 cm³/mol. The maximum absolute atomic E-state index is 12.8. The fourth-order valence-corrected chi connectivity index (χ4v) is 4.59. The molecule has 2 amide bonds. The molecule has 2 unspecified atom stereocenters. The maximum Gasteiger partial charge on any atom is 0.231 e. The lowest BCUT2D eigenvalue weighted by atomic mass is 10.1. The highest BCUT2D eigenvalue weighted by molar-refractivity contribution is 6.03. The van der Waals surface area contributed by atoms with Gasteiger partial charge in [0.05, 0.1) is 18.6 Å². The number of ether oxygens (including phenoxy) is 1. The van der Waals surface area contributed by atoms with Gasteiger partial charge in [0.1, 0.15) is 5.76 Å². The van der Waals surface area contributed by atoms with Crippen LogP contribution < -0.4 is 15.5 Å². The summed E-state index contributed by atoms with van der Waals surface area (Å²) in [4.78, 5) is 27.1. The Labute approximate surface area is 204 Å². The smallest absolute Gasteiger partial charge is 0.231 e. The zero-order valence-electron chi connectivity index (χ0n) is 19.6. The van der Waals surface area contributed by atoms with E-state index in [2.05, 4.69) is 27.9 Å². The molecule has 2 aromatic carbocycles. The molecule has 2 N–H and O–H groups in total. The van der Waals surface area contributed by atoms with Gasteiger partial charge in [-0.3, -0.25) is 9.59 Å². The highest BCUT2D eigenvalue weighted by atomic mass is 16.5. The van der Waals surface area contributed by atoms with Crippen molar-refractivity contribution in [1.82, 2.24) is 10.5 Å². The standard InChI is InChI=1S/C27H30N4O4/c32-26-15-21(18-31(26)22-9-6-20(7-10-22)14-24-17-28-12-13-34-24)27(33)29-25-16-23(35-30-25)11-8-19-4-2-1-3-5-19/h1-7,9-10,16,21,24,28H,8,11-15,17-18H2,(H,29,30,33). The van der Waals surface area contributed by atoms with Gasteiger partial charge in [0.2, 0.25) is 11.8 Å². The van der Waals surface area contributed by atoms with Gasteiger partial charge < -0.3 is 24.8 Å². The minimum absolute atomic E-state index is 0.0542. The van der Waals surface area contributed by atoms with E-state index < -0.39 is 5.92 Å². The number of carbonyl (C=O) groups is 2. The minimum atomic E-state index is -0.437. The molecule has 2 aliphatic heterocycles. The second-order valence-corrected chi connectivity index (χ2v) is 9.13. The molecule has 182 valence electrons. The molecule has 2 aliphatic rings. The molecule has 0 aliphatic carbocycles. The predicted octanol–water partition coefficient (Wildman–Crippen LogP) is 2.98. The molecule has 0 bridgehead atoms. The number of morpholine rings is 1. The molecule has 2 fully saturated rings. The number of amides is 2. The fraction of sp³-hybridized carbons (Fsp3) is 0.370. The van der Waals surface area contributed by atoms with Crippen LogP contribution in [0, 0.1) is 5.92 Å². The Morgan fingerprint density at radius 2 is 1.91 bits per heavy atom. The van der Waals surface area contributed by atoms with Crippen molar-refractivity contribution in [1.29, 1.82) is 0 Å². The van der Waals surface area contributed by atoms with Crippen LogP contribution >= 0.6 is 0 Å². The number of carbonyl (C=O) groups excluding carboxylic acids is 2. The molecular weight excluding hydrogens is 444 g/mol. The molecule has 0 saturated carbocycles. The number of nitrogens with one attached hydrogen (secondary N) is 2. The first-order chi connectivity index (χ1) is 17.1. The van der Waals surface area contributed by atoms with Gasteiger partial charge in [0.15, 0.2) is 5.82 Å². The molecular formula is C27H30N4O4. The van der Waals surface area contributed by atoms with Crippen molar-refractivity contribution < 1.29 is 18.8 Å². The lowest BCUT2D eigenvalue weighted by Crippen LogP contribution is -2.39. The van der Waals surface area contributed by atoms with E-state index in [-0.39, 0.29) is 24.3 Å². The van der Waals surface area contributed by atoms with Crippen LogP contribution in [-0.4, -0.2) is 49.3 Å². The van der Waals surface area contributed by atoms with E-state index in [1.807, 2.05) is 42.5 Å². The average molecular weight is 475 g/mol. The zero-order chi connectivity index (χ0) is 24.0. The fourth-order valence-electron chi connectivity index (χ4n) is 4.59. The third-order valence-electron chi connectivity index (χ3n) is 6.52. The first kappa shape index (κ1) is 23.3. The van der Waals surface area contributed by atoms with Crippen LogP contribution in [-0.2, 0) is 33.6 Å². The summed E-state index contributed by atoms with van der Waals surface area (Å²) in [6, 6.07) is 19.8. The van der Waals surface area contributed by atoms with Crippen molar-refractivity contribution >= 4 is 23.3 Å². The van der Waals surface area contributed by atoms with E-state index in [0.29, 0.717) is 24.5 Å². The Morgan fingerprint density at radius 1 is 1.09 bits per heavy atom. The number of hydrogen-bond acceptors (Lipinski definition) is 6. The van der Waals surface area contributed by atoms with Crippen LogP contribution in [0.25, 0.3) is 0 Å². The summed E-state index contributed by atoms with van der Waals surface area (Å²) < 4.78 is 11.1. The zero-order valence-corrected chi connectivity index (χ0v) is 19.6. The first-order valence-electron chi connectivity index (χ1n) is 12.2. The van der Waals surface area contributed by atoms with Gasteiger partial charge in [-0.25, -0.2) is 0 Å². The summed E-state index contributed by atoms with van der Waals surface area (Å²) in [5, 5.41) is 10.1. The van der Waals surface area contributed by atoms with Crippen LogP contribution in [0.5, 0.6) is 0 Å². The van der Waals surface area contributed by atoms with Crippen molar-refractivity contribution in [3.63, 3.8) is 0 Å². The van der Waals surface area contributed by atoms with Crippen LogP contribution in [0.15, 0.2) is 65.2 Å². The number of rotatable bonds is 8. The van der Waals surface area contributed by atoms with E-state index in [9.17, 15) is 9.59 Å². The Morgan fingerprint density at radius 3 is 2.69 bits per heavy atom. The van der Waals surface area contributed by atoms with Crippen molar-refractivity contribution in [3.8, 4) is 0 Å². The van der Waals surface area contributed by atoms with Crippen LogP contribution in [0.4, 0.5) is 11.5 Å². The molecule has 0 spiro atoms. The van der Waals surface area contributed by atoms with Crippen molar-refractivity contribution in [2.45, 2.75) is 31.8 Å². The summed E-state index contributed by atoms with van der Waals surface area (Å²) in [6.07, 6.45) is 2.71. The van der Waals surface area contributed by atoms with Gasteiger partial charge in [-0.15, -0.1) is 0 Å². The molecule has 8 heteroatoms. The van der Waals surface area contributed by atoms with Crippen molar-refractivity contribution in [2.75, 3.05) is 36.5 Å². The molecule has 5 rings (SSSR count). The van der Waals surface area contributed by atoms with Crippen LogP contribution in [0.1, 0.15) is 23.3 Å². The largest absolute Gasteiger partial charge is 0.375 e. The quantitative estimate of drug-likeness (QED) is 0.521.